The van der Waals surface area contributed by atoms with Crippen LogP contribution in [0.25, 0.3) is 0 Å². The first-order chi connectivity index (χ1) is 15.5. The van der Waals surface area contributed by atoms with E-state index < -0.39 is 5.54 Å². The van der Waals surface area contributed by atoms with Crippen molar-refractivity contribution < 1.29 is 19.1 Å². The van der Waals surface area contributed by atoms with Gasteiger partial charge in [-0.1, -0.05) is 25.1 Å². The van der Waals surface area contributed by atoms with Crippen LogP contribution in [0.1, 0.15) is 44.6 Å². The second-order valence-corrected chi connectivity index (χ2v) is 9.12. The van der Waals surface area contributed by atoms with E-state index in [1.165, 1.54) is 4.90 Å². The fraction of sp³-hybridized carbons (Fsp3) is 0.625. The van der Waals surface area contributed by atoms with Gasteiger partial charge in [0.05, 0.1) is 13.2 Å². The normalized spacial score (nSPS) is 23.1. The van der Waals surface area contributed by atoms with Crippen LogP contribution < -0.4 is 10.1 Å². The third-order valence-corrected chi connectivity index (χ3v) is 7.12. The number of amides is 4. The first kappa shape index (κ1) is 22.6. The Hall–Kier alpha value is -2.61. The number of piperidine rings is 1. The van der Waals surface area contributed by atoms with E-state index in [-0.39, 0.29) is 23.9 Å². The number of rotatable bonds is 7. The van der Waals surface area contributed by atoms with E-state index in [4.69, 9.17) is 4.74 Å². The van der Waals surface area contributed by atoms with Gasteiger partial charge in [0, 0.05) is 32.6 Å². The lowest BCUT2D eigenvalue weighted by molar-refractivity contribution is -0.135. The topological polar surface area (TPSA) is 82.2 Å². The lowest BCUT2D eigenvalue weighted by Gasteiger charge is -2.37. The Bertz CT molecular complexity index is 865. The number of nitrogens with one attached hydrogen (secondary N) is 1. The number of urea groups is 1. The van der Waals surface area contributed by atoms with E-state index in [0.717, 1.165) is 37.4 Å². The lowest BCUT2D eigenvalue weighted by atomic mass is 9.87. The molecule has 0 aromatic heterocycles. The van der Waals surface area contributed by atoms with Gasteiger partial charge in [-0.3, -0.25) is 14.5 Å². The summed E-state index contributed by atoms with van der Waals surface area (Å²) in [6.07, 6.45) is 4.01. The molecule has 0 aliphatic carbocycles. The van der Waals surface area contributed by atoms with Gasteiger partial charge in [0.15, 0.2) is 0 Å². The van der Waals surface area contributed by atoms with Crippen LogP contribution in [0.15, 0.2) is 24.3 Å². The molecule has 0 unspecified atom stereocenters. The van der Waals surface area contributed by atoms with Gasteiger partial charge in [-0.2, -0.15) is 0 Å². The van der Waals surface area contributed by atoms with Crippen LogP contribution in [0.2, 0.25) is 0 Å². The molecule has 174 valence electrons. The Morgan fingerprint density at radius 1 is 1.19 bits per heavy atom. The van der Waals surface area contributed by atoms with E-state index in [1.54, 1.807) is 12.0 Å². The number of hydrogen-bond acceptors (Lipinski definition) is 5. The number of imide groups is 1. The predicted molar refractivity (Wildman–Crippen MR) is 120 cm³/mol. The number of likely N-dealkylation sites (tertiary alicyclic amines) is 2. The maximum absolute atomic E-state index is 13.3. The van der Waals surface area contributed by atoms with Crippen molar-refractivity contribution in [1.82, 2.24) is 20.0 Å². The highest BCUT2D eigenvalue weighted by Gasteiger charge is 2.54. The number of nitrogens with zero attached hydrogens (tertiary/aromatic N) is 3. The Kier molecular flexibility index (Phi) is 6.69. The predicted octanol–water partition coefficient (Wildman–Crippen LogP) is 2.03. The minimum Gasteiger partial charge on any atom is -0.496 e. The number of para-hydroxylation sites is 1. The van der Waals surface area contributed by atoms with Crippen LogP contribution in [0.3, 0.4) is 0 Å². The molecule has 8 heteroatoms. The maximum Gasteiger partial charge on any atom is 0.325 e. The average molecular weight is 443 g/mol. The van der Waals surface area contributed by atoms with Crippen molar-refractivity contribution >= 4 is 17.8 Å². The Morgan fingerprint density at radius 3 is 2.66 bits per heavy atom. The molecule has 3 fully saturated rings. The first-order valence-corrected chi connectivity index (χ1v) is 11.8. The fourth-order valence-electron chi connectivity index (χ4n) is 5.27. The van der Waals surface area contributed by atoms with Crippen LogP contribution in [0.5, 0.6) is 5.75 Å². The molecule has 0 radical (unpaired) electrons. The summed E-state index contributed by atoms with van der Waals surface area (Å²) in [7, 11) is 1.63. The summed E-state index contributed by atoms with van der Waals surface area (Å²) in [4.78, 5) is 44.4. The number of carbonyl (C=O) groups is 3. The standard InChI is InChI=1S/C24H34N4O4/c1-3-13-26-15-11-24(12-16-26)22(30)28(23(31)25-24)19-10-14-27(17-19)21(29)9-8-18-6-4-5-7-20(18)32-2/h4-7,19H,3,8-17H2,1-2H3,(H,25,31)/t19-/m0/s1. The molecule has 3 aliphatic rings. The summed E-state index contributed by atoms with van der Waals surface area (Å²) in [5, 5.41) is 3.01. The van der Waals surface area contributed by atoms with E-state index in [1.807, 2.05) is 24.3 Å². The summed E-state index contributed by atoms with van der Waals surface area (Å²) in [6, 6.07) is 7.17. The second kappa shape index (κ2) is 9.48. The SMILES string of the molecule is CCCN1CCC2(CC1)NC(=O)N([C@H]1CCN(C(=O)CCc3ccccc3OC)C1)C2=O. The third kappa shape index (κ3) is 4.33. The van der Waals surface area contributed by atoms with Crippen molar-refractivity contribution in [2.75, 3.05) is 39.8 Å². The first-order valence-electron chi connectivity index (χ1n) is 11.8. The fourth-order valence-corrected chi connectivity index (χ4v) is 5.27. The summed E-state index contributed by atoms with van der Waals surface area (Å²) in [5.74, 6) is 0.731. The van der Waals surface area contributed by atoms with Crippen LogP contribution >= 0.6 is 0 Å². The summed E-state index contributed by atoms with van der Waals surface area (Å²) in [6.45, 7) is 5.82. The molecule has 3 heterocycles. The number of ether oxygens (including phenoxy) is 1. The van der Waals surface area contributed by atoms with Gasteiger partial charge in [-0.25, -0.2) is 4.79 Å². The third-order valence-electron chi connectivity index (χ3n) is 7.12. The molecule has 1 N–H and O–H groups in total. The van der Waals surface area contributed by atoms with Crippen molar-refractivity contribution in [3.05, 3.63) is 29.8 Å². The van der Waals surface area contributed by atoms with Crippen molar-refractivity contribution in [1.29, 1.82) is 0 Å². The van der Waals surface area contributed by atoms with Crippen molar-refractivity contribution in [2.45, 2.75) is 57.0 Å². The number of carbonyl (C=O) groups excluding carboxylic acids is 3. The minimum atomic E-state index is -0.761. The monoisotopic (exact) mass is 442 g/mol. The zero-order valence-corrected chi connectivity index (χ0v) is 19.1. The Balaban J connectivity index is 1.33. The van der Waals surface area contributed by atoms with E-state index in [9.17, 15) is 14.4 Å². The Morgan fingerprint density at radius 2 is 1.94 bits per heavy atom. The molecule has 3 saturated heterocycles. The van der Waals surface area contributed by atoms with Crippen LogP contribution in [0, 0.1) is 0 Å². The molecular formula is C24H34N4O4. The van der Waals surface area contributed by atoms with Crippen LogP contribution in [0.4, 0.5) is 4.79 Å². The molecular weight excluding hydrogens is 408 g/mol. The van der Waals surface area contributed by atoms with Crippen molar-refractivity contribution in [3.8, 4) is 5.75 Å². The minimum absolute atomic E-state index is 0.0491. The van der Waals surface area contributed by atoms with Crippen LogP contribution in [-0.4, -0.2) is 84.0 Å². The quantitative estimate of drug-likeness (QED) is 0.654. The number of aryl methyl sites for hydroxylation is 1. The maximum atomic E-state index is 13.3. The summed E-state index contributed by atoms with van der Waals surface area (Å²) in [5.41, 5.74) is 0.243. The number of hydrogen-bond donors (Lipinski definition) is 1. The smallest absolute Gasteiger partial charge is 0.325 e. The highest BCUT2D eigenvalue weighted by atomic mass is 16.5. The van der Waals surface area contributed by atoms with Gasteiger partial charge in [0.25, 0.3) is 5.91 Å². The molecule has 4 rings (SSSR count). The largest absolute Gasteiger partial charge is 0.496 e. The zero-order chi connectivity index (χ0) is 22.7. The highest BCUT2D eigenvalue weighted by molar-refractivity contribution is 6.07. The van der Waals surface area contributed by atoms with E-state index >= 15 is 0 Å². The average Bonchev–Trinajstić information content (AvgIpc) is 3.37. The van der Waals surface area contributed by atoms with Gasteiger partial charge >= 0.3 is 6.03 Å². The van der Waals surface area contributed by atoms with E-state index in [0.29, 0.717) is 45.2 Å². The number of methoxy groups -OCH3 is 1. The molecule has 8 nitrogen and oxygen atoms in total. The van der Waals surface area contributed by atoms with Gasteiger partial charge in [-0.15, -0.1) is 0 Å². The Labute approximate surface area is 189 Å². The lowest BCUT2D eigenvalue weighted by Crippen LogP contribution is -2.55. The molecule has 0 saturated carbocycles. The molecule has 0 bridgehead atoms. The van der Waals surface area contributed by atoms with Gasteiger partial charge in [0.2, 0.25) is 5.91 Å². The van der Waals surface area contributed by atoms with Crippen molar-refractivity contribution in [3.63, 3.8) is 0 Å². The number of benzene rings is 1. The van der Waals surface area contributed by atoms with Gasteiger partial charge in [-0.05, 0) is 50.3 Å². The van der Waals surface area contributed by atoms with Crippen molar-refractivity contribution in [2.24, 2.45) is 0 Å². The highest BCUT2D eigenvalue weighted by Crippen LogP contribution is 2.32. The van der Waals surface area contributed by atoms with Gasteiger partial charge in [0.1, 0.15) is 11.3 Å². The molecule has 3 aliphatic heterocycles. The molecule has 32 heavy (non-hydrogen) atoms. The molecule has 1 aromatic carbocycles. The zero-order valence-electron chi connectivity index (χ0n) is 19.1. The summed E-state index contributed by atoms with van der Waals surface area (Å²) >= 11 is 0. The molecule has 4 amide bonds. The molecule has 1 aromatic rings. The van der Waals surface area contributed by atoms with Gasteiger partial charge < -0.3 is 19.9 Å². The summed E-state index contributed by atoms with van der Waals surface area (Å²) < 4.78 is 5.37. The molecule has 1 atom stereocenters. The second-order valence-electron chi connectivity index (χ2n) is 9.12. The molecule has 1 spiro atoms. The van der Waals surface area contributed by atoms with Crippen LogP contribution in [-0.2, 0) is 16.0 Å². The van der Waals surface area contributed by atoms with E-state index in [2.05, 4.69) is 17.1 Å².